The SMILES string of the molecule is CCOCCCNS(=O)(=O)c1ccc(NC(=O)C2CC(=O)N(c3cccc(C)c3)C2)cc1. The van der Waals surface area contributed by atoms with Crippen LogP contribution in [0.3, 0.4) is 0 Å². The number of carbonyl (C=O) groups excluding carboxylic acids is 2. The predicted molar refractivity (Wildman–Crippen MR) is 123 cm³/mol. The van der Waals surface area contributed by atoms with Crippen molar-refractivity contribution in [2.45, 2.75) is 31.6 Å². The van der Waals surface area contributed by atoms with Crippen molar-refractivity contribution in [2.75, 3.05) is 36.5 Å². The Balaban J connectivity index is 1.56. The van der Waals surface area contributed by atoms with Crippen molar-refractivity contribution in [1.82, 2.24) is 4.72 Å². The molecule has 0 aromatic heterocycles. The van der Waals surface area contributed by atoms with E-state index < -0.39 is 15.9 Å². The van der Waals surface area contributed by atoms with E-state index in [0.29, 0.717) is 31.9 Å². The van der Waals surface area contributed by atoms with Crippen LogP contribution in [0, 0.1) is 12.8 Å². The third-order valence-electron chi connectivity index (χ3n) is 5.20. The van der Waals surface area contributed by atoms with E-state index in [1.807, 2.05) is 38.1 Å². The average Bonchev–Trinajstić information content (AvgIpc) is 3.16. The Hall–Kier alpha value is -2.75. The van der Waals surface area contributed by atoms with Crippen LogP contribution in [0.15, 0.2) is 53.4 Å². The van der Waals surface area contributed by atoms with Gasteiger partial charge in [0.15, 0.2) is 0 Å². The summed E-state index contributed by atoms with van der Waals surface area (Å²) in [4.78, 5) is 26.8. The van der Waals surface area contributed by atoms with Gasteiger partial charge in [-0.25, -0.2) is 13.1 Å². The zero-order valence-corrected chi connectivity index (χ0v) is 19.2. The minimum absolute atomic E-state index is 0.0902. The maximum Gasteiger partial charge on any atom is 0.240 e. The molecule has 0 radical (unpaired) electrons. The molecule has 2 N–H and O–H groups in total. The van der Waals surface area contributed by atoms with Crippen LogP contribution in [0.4, 0.5) is 11.4 Å². The number of ether oxygens (including phenoxy) is 1. The Labute approximate surface area is 189 Å². The highest BCUT2D eigenvalue weighted by molar-refractivity contribution is 7.89. The highest BCUT2D eigenvalue weighted by atomic mass is 32.2. The van der Waals surface area contributed by atoms with Gasteiger partial charge in [0, 0.05) is 44.1 Å². The van der Waals surface area contributed by atoms with Gasteiger partial charge in [0.2, 0.25) is 21.8 Å². The predicted octanol–water partition coefficient (Wildman–Crippen LogP) is 2.69. The number of hydrogen-bond donors (Lipinski definition) is 2. The number of hydrogen-bond acceptors (Lipinski definition) is 5. The number of benzene rings is 2. The van der Waals surface area contributed by atoms with Crippen LogP contribution in [0.1, 0.15) is 25.3 Å². The quantitative estimate of drug-likeness (QED) is 0.532. The summed E-state index contributed by atoms with van der Waals surface area (Å²) in [5.74, 6) is -0.829. The molecule has 2 aromatic carbocycles. The van der Waals surface area contributed by atoms with Crippen LogP contribution >= 0.6 is 0 Å². The van der Waals surface area contributed by atoms with Gasteiger partial charge in [0.05, 0.1) is 10.8 Å². The summed E-state index contributed by atoms with van der Waals surface area (Å²) < 4.78 is 32.4. The Bertz CT molecular complexity index is 1050. The molecule has 1 atom stereocenters. The molecule has 0 aliphatic carbocycles. The van der Waals surface area contributed by atoms with E-state index in [0.717, 1.165) is 11.3 Å². The Morgan fingerprint density at radius 1 is 1.19 bits per heavy atom. The fourth-order valence-electron chi connectivity index (χ4n) is 3.50. The van der Waals surface area contributed by atoms with Gasteiger partial charge in [0.1, 0.15) is 0 Å². The van der Waals surface area contributed by atoms with Gasteiger partial charge in [-0.2, -0.15) is 0 Å². The van der Waals surface area contributed by atoms with Gasteiger partial charge in [-0.1, -0.05) is 12.1 Å². The molecule has 1 unspecified atom stereocenters. The molecule has 3 rings (SSSR count). The molecule has 8 nitrogen and oxygen atoms in total. The van der Waals surface area contributed by atoms with Gasteiger partial charge >= 0.3 is 0 Å². The molecule has 1 saturated heterocycles. The molecule has 9 heteroatoms. The van der Waals surface area contributed by atoms with Crippen molar-refractivity contribution in [2.24, 2.45) is 5.92 Å². The summed E-state index contributed by atoms with van der Waals surface area (Å²) in [5.41, 5.74) is 2.31. The number of amides is 2. The highest BCUT2D eigenvalue weighted by Gasteiger charge is 2.35. The van der Waals surface area contributed by atoms with Crippen LogP contribution in [0.25, 0.3) is 0 Å². The standard InChI is InChI=1S/C23H29N3O5S/c1-3-31-13-5-12-24-32(29,30)21-10-8-19(9-11-21)25-23(28)18-15-22(27)26(16-18)20-7-4-6-17(2)14-20/h4,6-11,14,18,24H,3,5,12-13,15-16H2,1-2H3,(H,25,28). The lowest BCUT2D eigenvalue weighted by Gasteiger charge is -2.17. The van der Waals surface area contributed by atoms with E-state index in [9.17, 15) is 18.0 Å². The van der Waals surface area contributed by atoms with Crippen LogP contribution < -0.4 is 14.9 Å². The smallest absolute Gasteiger partial charge is 0.240 e. The topological polar surface area (TPSA) is 105 Å². The summed E-state index contributed by atoms with van der Waals surface area (Å²) in [5, 5.41) is 2.78. The van der Waals surface area contributed by atoms with Crippen molar-refractivity contribution in [1.29, 1.82) is 0 Å². The average molecular weight is 460 g/mol. The first-order chi connectivity index (χ1) is 15.3. The lowest BCUT2D eigenvalue weighted by molar-refractivity contribution is -0.122. The zero-order valence-electron chi connectivity index (χ0n) is 18.3. The minimum atomic E-state index is -3.63. The number of anilines is 2. The Morgan fingerprint density at radius 3 is 2.62 bits per heavy atom. The van der Waals surface area contributed by atoms with Gasteiger partial charge in [-0.15, -0.1) is 0 Å². The van der Waals surface area contributed by atoms with E-state index in [4.69, 9.17) is 4.74 Å². The van der Waals surface area contributed by atoms with E-state index in [-0.39, 0.29) is 29.7 Å². The maximum atomic E-state index is 12.7. The number of nitrogens with zero attached hydrogens (tertiary/aromatic N) is 1. The second-order valence-electron chi connectivity index (χ2n) is 7.71. The van der Waals surface area contributed by atoms with Gasteiger partial charge in [-0.05, 0) is 62.2 Å². The molecule has 0 saturated carbocycles. The normalized spacial score (nSPS) is 16.4. The largest absolute Gasteiger partial charge is 0.382 e. The van der Waals surface area contributed by atoms with Crippen LogP contribution in [-0.4, -0.2) is 46.5 Å². The number of rotatable bonds is 10. The molecular weight excluding hydrogens is 430 g/mol. The van der Waals surface area contributed by atoms with Crippen LogP contribution in [0.5, 0.6) is 0 Å². The molecule has 1 aliphatic rings. The van der Waals surface area contributed by atoms with Gasteiger partial charge in [0.25, 0.3) is 0 Å². The second kappa shape index (κ2) is 10.7. The fraction of sp³-hybridized carbons (Fsp3) is 0.391. The first-order valence-electron chi connectivity index (χ1n) is 10.7. The zero-order chi connectivity index (χ0) is 23.1. The van der Waals surface area contributed by atoms with Crippen LogP contribution in [-0.2, 0) is 24.3 Å². The summed E-state index contributed by atoms with van der Waals surface area (Å²) in [6, 6.07) is 13.6. The third-order valence-corrected chi connectivity index (χ3v) is 6.68. The molecule has 1 aliphatic heterocycles. The fourth-order valence-corrected chi connectivity index (χ4v) is 4.57. The molecule has 1 fully saturated rings. The van der Waals surface area contributed by atoms with Gasteiger partial charge < -0.3 is 15.0 Å². The monoisotopic (exact) mass is 459 g/mol. The third kappa shape index (κ3) is 6.15. The van der Waals surface area contributed by atoms with Crippen molar-refractivity contribution in [3.8, 4) is 0 Å². The highest BCUT2D eigenvalue weighted by Crippen LogP contribution is 2.27. The summed E-state index contributed by atoms with van der Waals surface area (Å²) in [7, 11) is -3.63. The molecule has 2 amide bonds. The first kappa shape index (κ1) is 23.9. The molecule has 0 spiro atoms. The van der Waals surface area contributed by atoms with E-state index in [1.54, 1.807) is 17.0 Å². The second-order valence-corrected chi connectivity index (χ2v) is 9.47. The van der Waals surface area contributed by atoms with E-state index in [1.165, 1.54) is 12.1 Å². The number of carbonyl (C=O) groups is 2. The number of nitrogens with one attached hydrogen (secondary N) is 2. The van der Waals surface area contributed by atoms with Gasteiger partial charge in [-0.3, -0.25) is 9.59 Å². The first-order valence-corrected chi connectivity index (χ1v) is 12.1. The lowest BCUT2D eigenvalue weighted by Crippen LogP contribution is -2.28. The summed E-state index contributed by atoms with van der Waals surface area (Å²) in [6.07, 6.45) is 0.721. The molecular formula is C23H29N3O5S. The number of aryl methyl sites for hydroxylation is 1. The maximum absolute atomic E-state index is 12.7. The molecule has 0 bridgehead atoms. The van der Waals surface area contributed by atoms with Crippen molar-refractivity contribution >= 4 is 33.2 Å². The van der Waals surface area contributed by atoms with Crippen LogP contribution in [0.2, 0.25) is 0 Å². The molecule has 32 heavy (non-hydrogen) atoms. The summed E-state index contributed by atoms with van der Waals surface area (Å²) >= 11 is 0. The molecule has 172 valence electrons. The minimum Gasteiger partial charge on any atom is -0.382 e. The lowest BCUT2D eigenvalue weighted by atomic mass is 10.1. The van der Waals surface area contributed by atoms with E-state index in [2.05, 4.69) is 10.0 Å². The summed E-state index contributed by atoms with van der Waals surface area (Å²) in [6.45, 7) is 5.53. The Kier molecular flexibility index (Phi) is 8.00. The van der Waals surface area contributed by atoms with Crippen molar-refractivity contribution in [3.05, 3.63) is 54.1 Å². The molecule has 2 aromatic rings. The Morgan fingerprint density at radius 2 is 1.94 bits per heavy atom. The number of sulfonamides is 1. The van der Waals surface area contributed by atoms with Crippen molar-refractivity contribution < 1.29 is 22.7 Å². The van der Waals surface area contributed by atoms with Crippen molar-refractivity contribution in [3.63, 3.8) is 0 Å². The van der Waals surface area contributed by atoms with E-state index >= 15 is 0 Å². The molecule has 1 heterocycles.